The van der Waals surface area contributed by atoms with Gasteiger partial charge in [0.25, 0.3) is 0 Å². The smallest absolute Gasteiger partial charge is 0.462 e. The lowest BCUT2D eigenvalue weighted by Crippen LogP contribution is -2.30. The van der Waals surface area contributed by atoms with E-state index in [1.54, 1.807) is 0 Å². The number of aliphatic hydroxyl groups excluding tert-OH is 1. The molecule has 0 fully saturated rings. The molecule has 0 saturated heterocycles. The second kappa shape index (κ2) is 53.2. The highest BCUT2D eigenvalue weighted by Crippen LogP contribution is 2.43. The highest BCUT2D eigenvalue weighted by Gasteiger charge is 2.28. The lowest BCUT2D eigenvalue weighted by molar-refractivity contribution is -0.161. The summed E-state index contributed by atoms with van der Waals surface area (Å²) in [6.07, 6.45) is 64.6. The van der Waals surface area contributed by atoms with Gasteiger partial charge in [0, 0.05) is 19.3 Å². The number of rotatable bonds is 49. The molecule has 0 aliphatic carbocycles. The number of phosphoric ester groups is 1. The fraction of sp³-hybridized carbons (Fsp3) is 0.617. The molecule has 12 heteroatoms. The molecular weight excluding hydrogens is 928 g/mol. The summed E-state index contributed by atoms with van der Waals surface area (Å²) in [6, 6.07) is 0. The summed E-state index contributed by atoms with van der Waals surface area (Å²) in [5.74, 6) is -1.61. The summed E-state index contributed by atoms with van der Waals surface area (Å²) in [5, 5.41) is 9.79. The van der Waals surface area contributed by atoms with E-state index in [4.69, 9.17) is 23.3 Å². The van der Waals surface area contributed by atoms with Crippen LogP contribution in [0.1, 0.15) is 201 Å². The zero-order valence-electron chi connectivity index (χ0n) is 44.8. The first-order valence-corrected chi connectivity index (χ1v) is 28.9. The molecule has 11 nitrogen and oxygen atoms in total. The van der Waals surface area contributed by atoms with Crippen LogP contribution in [0.25, 0.3) is 0 Å². The van der Waals surface area contributed by atoms with Crippen LogP contribution in [0.4, 0.5) is 0 Å². The van der Waals surface area contributed by atoms with E-state index < -0.39 is 57.8 Å². The first-order chi connectivity index (χ1) is 35.2. The molecule has 0 aromatic carbocycles. The maximum Gasteiger partial charge on any atom is 0.472 e. The van der Waals surface area contributed by atoms with Crippen LogP contribution >= 0.6 is 7.82 Å². The molecule has 0 aliphatic rings. The monoisotopic (exact) mass is 1020 g/mol. The third-order valence-electron chi connectivity index (χ3n) is 10.8. The number of carbonyl (C=O) groups is 3. The second-order valence-corrected chi connectivity index (χ2v) is 19.1. The highest BCUT2D eigenvalue weighted by atomic mass is 31.2. The van der Waals surface area contributed by atoms with Crippen LogP contribution in [0.15, 0.2) is 122 Å². The fourth-order valence-electron chi connectivity index (χ4n) is 6.69. The van der Waals surface area contributed by atoms with Crippen LogP contribution in [0.3, 0.4) is 0 Å². The predicted octanol–water partition coefficient (Wildman–Crippen LogP) is 16.0. The Labute approximate surface area is 437 Å². The van der Waals surface area contributed by atoms with E-state index in [1.807, 2.05) is 12.2 Å². The second-order valence-electron chi connectivity index (χ2n) is 17.7. The maximum atomic E-state index is 12.9. The van der Waals surface area contributed by atoms with E-state index in [2.05, 4.69) is 130 Å². The molecule has 408 valence electrons. The van der Waals surface area contributed by atoms with Gasteiger partial charge >= 0.3 is 25.7 Å². The fourth-order valence-corrected chi connectivity index (χ4v) is 7.47. The molecule has 2 N–H and O–H groups in total. The molecule has 0 aliphatic heterocycles. The summed E-state index contributed by atoms with van der Waals surface area (Å²) in [7, 11) is -4.78. The Bertz CT molecular complexity index is 1670. The molecule has 0 saturated carbocycles. The molecule has 0 aromatic rings. The number of allylic oxidation sites excluding steroid dienone is 20. The summed E-state index contributed by atoms with van der Waals surface area (Å²) in [6.45, 7) is 4.25. The van der Waals surface area contributed by atoms with Crippen molar-refractivity contribution in [2.45, 2.75) is 213 Å². The lowest BCUT2D eigenvalue weighted by Gasteiger charge is -2.21. The average molecular weight is 1030 g/mol. The Hall–Kier alpha value is -4.12. The Morgan fingerprint density at radius 1 is 0.403 bits per heavy atom. The molecule has 0 aromatic heterocycles. The van der Waals surface area contributed by atoms with E-state index in [0.717, 1.165) is 135 Å². The number of phosphoric acid groups is 1. The Morgan fingerprint density at radius 3 is 1.19 bits per heavy atom. The molecule has 72 heavy (non-hydrogen) atoms. The Morgan fingerprint density at radius 2 is 0.750 bits per heavy atom. The minimum absolute atomic E-state index is 0.0321. The van der Waals surface area contributed by atoms with Crippen LogP contribution in [-0.2, 0) is 42.2 Å². The van der Waals surface area contributed by atoms with Gasteiger partial charge in [-0.2, -0.15) is 0 Å². The largest absolute Gasteiger partial charge is 0.472 e. The molecule has 0 heterocycles. The molecule has 0 rings (SSSR count). The predicted molar refractivity (Wildman–Crippen MR) is 297 cm³/mol. The molecular formula is C60H97O11P. The summed E-state index contributed by atoms with van der Waals surface area (Å²) < 4.78 is 39.3. The molecule has 0 radical (unpaired) electrons. The van der Waals surface area contributed by atoms with Crippen LogP contribution < -0.4 is 0 Å². The van der Waals surface area contributed by atoms with Crippen LogP contribution in [0, 0.1) is 0 Å². The topological polar surface area (TPSA) is 155 Å². The number of hydrogen-bond donors (Lipinski definition) is 2. The number of aliphatic hydroxyl groups is 1. The number of carbonyl (C=O) groups excluding carboxylic acids is 3. The van der Waals surface area contributed by atoms with Gasteiger partial charge in [-0.3, -0.25) is 23.4 Å². The maximum absolute atomic E-state index is 12.9. The molecule has 3 unspecified atom stereocenters. The SMILES string of the molecule is CC/C=C\C/C=C\C/C=C\C/C=C\C/C=C\C/C=C\CCC(=O)OC(COC(=O)CCCCCCC/C=C\C/C=C\CCC)COP(=O)(O)OCC(CO)OC(=O)CCCCCCC/C=C\C/C=C\CCC. The minimum Gasteiger partial charge on any atom is -0.462 e. The van der Waals surface area contributed by atoms with Gasteiger partial charge in [0.1, 0.15) is 12.7 Å². The molecule has 0 bridgehead atoms. The van der Waals surface area contributed by atoms with Gasteiger partial charge < -0.3 is 24.2 Å². The number of hydrogen-bond acceptors (Lipinski definition) is 10. The Balaban J connectivity index is 4.89. The van der Waals surface area contributed by atoms with Gasteiger partial charge in [-0.15, -0.1) is 0 Å². The summed E-state index contributed by atoms with van der Waals surface area (Å²) >= 11 is 0. The normalized spacial score (nSPS) is 14.3. The molecule has 0 amide bonds. The Kier molecular flexibility index (Phi) is 50.1. The number of ether oxygens (including phenoxy) is 3. The van der Waals surface area contributed by atoms with Gasteiger partial charge in [-0.1, -0.05) is 194 Å². The van der Waals surface area contributed by atoms with Gasteiger partial charge in [-0.25, -0.2) is 4.57 Å². The average Bonchev–Trinajstić information content (AvgIpc) is 3.37. The third kappa shape index (κ3) is 50.8. The van der Waals surface area contributed by atoms with Crippen LogP contribution in [0.5, 0.6) is 0 Å². The first kappa shape index (κ1) is 67.9. The minimum atomic E-state index is -4.78. The lowest BCUT2D eigenvalue weighted by atomic mass is 10.1. The summed E-state index contributed by atoms with van der Waals surface area (Å²) in [5.41, 5.74) is 0. The third-order valence-corrected chi connectivity index (χ3v) is 11.8. The van der Waals surface area contributed by atoms with E-state index in [1.165, 1.54) is 0 Å². The van der Waals surface area contributed by atoms with Crippen molar-refractivity contribution in [3.8, 4) is 0 Å². The number of unbranched alkanes of at least 4 members (excludes halogenated alkanes) is 12. The van der Waals surface area contributed by atoms with E-state index >= 15 is 0 Å². The van der Waals surface area contributed by atoms with Gasteiger partial charge in [0.05, 0.1) is 19.8 Å². The van der Waals surface area contributed by atoms with E-state index in [-0.39, 0.29) is 25.9 Å². The van der Waals surface area contributed by atoms with Crippen LogP contribution in [0.2, 0.25) is 0 Å². The first-order valence-electron chi connectivity index (χ1n) is 27.4. The van der Waals surface area contributed by atoms with Crippen molar-refractivity contribution in [3.63, 3.8) is 0 Å². The van der Waals surface area contributed by atoms with Crippen molar-refractivity contribution < 1.29 is 52.2 Å². The quantitative estimate of drug-likeness (QED) is 0.0197. The zero-order valence-corrected chi connectivity index (χ0v) is 45.7. The zero-order chi connectivity index (χ0) is 52.7. The number of esters is 3. The van der Waals surface area contributed by atoms with Crippen molar-refractivity contribution in [1.82, 2.24) is 0 Å². The van der Waals surface area contributed by atoms with Crippen LogP contribution in [-0.4, -0.2) is 66.5 Å². The highest BCUT2D eigenvalue weighted by molar-refractivity contribution is 7.47. The van der Waals surface area contributed by atoms with E-state index in [0.29, 0.717) is 25.7 Å². The van der Waals surface area contributed by atoms with Gasteiger partial charge in [0.15, 0.2) is 6.10 Å². The van der Waals surface area contributed by atoms with Crippen molar-refractivity contribution in [3.05, 3.63) is 122 Å². The molecule has 0 spiro atoms. The van der Waals surface area contributed by atoms with Crippen molar-refractivity contribution in [2.75, 3.05) is 26.4 Å². The van der Waals surface area contributed by atoms with Crippen molar-refractivity contribution in [1.29, 1.82) is 0 Å². The summed E-state index contributed by atoms with van der Waals surface area (Å²) in [4.78, 5) is 48.4. The van der Waals surface area contributed by atoms with Gasteiger partial charge in [-0.05, 0) is 109 Å². The van der Waals surface area contributed by atoms with Crippen molar-refractivity contribution in [2.24, 2.45) is 0 Å². The molecule has 3 atom stereocenters. The van der Waals surface area contributed by atoms with E-state index in [9.17, 15) is 28.9 Å². The van der Waals surface area contributed by atoms with Gasteiger partial charge in [0.2, 0.25) is 0 Å². The standard InChI is InChI=1S/C60H97O11P/c1-4-7-10-13-16-19-22-25-26-27-28-29-30-33-36-39-42-45-48-51-60(64)71-57(53-67-58(62)49-46-43-40-37-34-31-23-20-17-14-11-8-5-2)55-69-72(65,66)68-54-56(52-61)70-59(63)50-47-44-41-38-35-32-24-21-18-15-12-9-6-3/h7,10-12,14-16,19-21,23-26,28-29,33,36,42,45,56-57,61H,4-6,8-9,13,17-18,22,27,30-32,34-35,37-41,43-44,46-55H2,1-3H3,(H,65,66)/b10-7-,14-11-,15-12-,19-16-,23-20-,24-21-,26-25-,29-28-,36-33-,45-42-. The van der Waals surface area contributed by atoms with Crippen molar-refractivity contribution >= 4 is 25.7 Å².